The number of aliphatic hydroxyl groups is 1. The summed E-state index contributed by atoms with van der Waals surface area (Å²) in [4.78, 5) is 13.4. The molecule has 0 aromatic heterocycles. The second-order valence-electron chi connectivity index (χ2n) is 5.29. The summed E-state index contributed by atoms with van der Waals surface area (Å²) in [5.74, 6) is -5.44. The topological polar surface area (TPSA) is 49.8 Å². The average Bonchev–Trinajstić information content (AvgIpc) is 2.52. The van der Waals surface area contributed by atoms with Gasteiger partial charge in [-0.2, -0.15) is 8.78 Å². The van der Waals surface area contributed by atoms with E-state index < -0.39 is 17.5 Å². The first-order valence-corrected chi connectivity index (χ1v) is 6.31. The molecule has 2 unspecified atom stereocenters. The molecular formula is C12H19F2NO3. The summed E-state index contributed by atoms with van der Waals surface area (Å²) >= 11 is 0. The van der Waals surface area contributed by atoms with Gasteiger partial charge in [-0.05, 0) is 39.7 Å². The molecule has 2 aliphatic rings. The Bertz CT molecular complexity index is 334. The summed E-state index contributed by atoms with van der Waals surface area (Å²) in [6.45, 7) is 1.35. The highest BCUT2D eigenvalue weighted by molar-refractivity contribution is 5.79. The molecule has 0 amide bonds. The Balaban J connectivity index is 2.19. The van der Waals surface area contributed by atoms with Crippen molar-refractivity contribution in [2.24, 2.45) is 0 Å². The van der Waals surface area contributed by atoms with Crippen LogP contribution in [0.1, 0.15) is 32.6 Å². The Morgan fingerprint density at radius 1 is 1.44 bits per heavy atom. The van der Waals surface area contributed by atoms with Gasteiger partial charge in [0.25, 0.3) is 0 Å². The molecule has 104 valence electrons. The lowest BCUT2D eigenvalue weighted by atomic mass is 9.81. The number of rotatable bonds is 3. The number of halogens is 2. The molecular weight excluding hydrogens is 244 g/mol. The van der Waals surface area contributed by atoms with Crippen LogP contribution in [0.15, 0.2) is 0 Å². The maximum Gasteiger partial charge on any atom is 0.380 e. The number of nitrogens with zero attached hydrogens (tertiary/aromatic N) is 1. The van der Waals surface area contributed by atoms with E-state index in [1.54, 1.807) is 0 Å². The summed E-state index contributed by atoms with van der Waals surface area (Å²) in [5, 5.41) is 10.2. The summed E-state index contributed by atoms with van der Waals surface area (Å²) in [6, 6.07) is -0.150. The largest absolute Gasteiger partial charge is 0.461 e. The minimum Gasteiger partial charge on any atom is -0.461 e. The normalized spacial score (nSPS) is 36.7. The van der Waals surface area contributed by atoms with Crippen molar-refractivity contribution in [2.45, 2.75) is 56.2 Å². The Kier molecular flexibility index (Phi) is 3.36. The standard InChI is InChI=1S/C12H19F2NO3/c1-3-18-10(16)12(13,14)11(17)6-8-4-5-9(7-11)15(8)2/h8-9,17H,3-7H2,1-2H3. The van der Waals surface area contributed by atoms with Crippen molar-refractivity contribution < 1.29 is 23.4 Å². The van der Waals surface area contributed by atoms with Gasteiger partial charge in [0.2, 0.25) is 0 Å². The van der Waals surface area contributed by atoms with Crippen LogP contribution in [-0.4, -0.2) is 53.2 Å². The van der Waals surface area contributed by atoms with Crippen LogP contribution in [0.4, 0.5) is 8.78 Å². The summed E-state index contributed by atoms with van der Waals surface area (Å²) in [7, 11) is 1.88. The summed E-state index contributed by atoms with van der Waals surface area (Å²) < 4.78 is 32.4. The quantitative estimate of drug-likeness (QED) is 0.777. The fourth-order valence-corrected chi connectivity index (χ4v) is 3.11. The fraction of sp³-hybridized carbons (Fsp3) is 0.917. The van der Waals surface area contributed by atoms with Crippen LogP contribution in [-0.2, 0) is 9.53 Å². The molecule has 2 saturated heterocycles. The van der Waals surface area contributed by atoms with Gasteiger partial charge in [-0.15, -0.1) is 0 Å². The van der Waals surface area contributed by atoms with Gasteiger partial charge in [-0.1, -0.05) is 0 Å². The van der Waals surface area contributed by atoms with E-state index in [4.69, 9.17) is 0 Å². The van der Waals surface area contributed by atoms with E-state index in [2.05, 4.69) is 4.74 Å². The SMILES string of the molecule is CCOC(=O)C(F)(F)C1(O)CC2CCC(C1)N2C. The second kappa shape index (κ2) is 4.42. The molecule has 0 radical (unpaired) electrons. The van der Waals surface area contributed by atoms with Gasteiger partial charge in [0, 0.05) is 12.1 Å². The van der Waals surface area contributed by atoms with E-state index in [1.165, 1.54) is 6.92 Å². The molecule has 0 aromatic rings. The molecule has 0 spiro atoms. The Morgan fingerprint density at radius 2 is 1.94 bits per heavy atom. The highest BCUT2D eigenvalue weighted by Crippen LogP contribution is 2.47. The summed E-state index contributed by atoms with van der Waals surface area (Å²) in [6.07, 6.45) is 1.43. The van der Waals surface area contributed by atoms with Gasteiger partial charge in [0.05, 0.1) is 6.61 Å². The van der Waals surface area contributed by atoms with Crippen molar-refractivity contribution in [1.82, 2.24) is 4.90 Å². The minimum absolute atomic E-state index is 0.0750. The predicted octanol–water partition coefficient (Wildman–Crippen LogP) is 1.17. The lowest BCUT2D eigenvalue weighted by molar-refractivity contribution is -0.227. The number of carbonyl (C=O) groups is 1. The van der Waals surface area contributed by atoms with E-state index in [0.717, 1.165) is 12.8 Å². The number of hydrogen-bond acceptors (Lipinski definition) is 4. The van der Waals surface area contributed by atoms with Crippen LogP contribution >= 0.6 is 0 Å². The fourth-order valence-electron chi connectivity index (χ4n) is 3.11. The maximum atomic E-state index is 14.0. The van der Waals surface area contributed by atoms with Gasteiger partial charge in [0.15, 0.2) is 0 Å². The molecule has 2 heterocycles. The van der Waals surface area contributed by atoms with Gasteiger partial charge >= 0.3 is 11.9 Å². The third-order valence-electron chi connectivity index (χ3n) is 4.25. The first kappa shape index (κ1) is 13.7. The predicted molar refractivity (Wildman–Crippen MR) is 60.3 cm³/mol. The van der Waals surface area contributed by atoms with E-state index in [0.29, 0.717) is 0 Å². The second-order valence-corrected chi connectivity index (χ2v) is 5.29. The molecule has 2 rings (SSSR count). The number of ether oxygens (including phenoxy) is 1. The van der Waals surface area contributed by atoms with Crippen molar-refractivity contribution in [3.63, 3.8) is 0 Å². The molecule has 2 atom stereocenters. The molecule has 0 aliphatic carbocycles. The number of carbonyl (C=O) groups excluding carboxylic acids is 1. The van der Waals surface area contributed by atoms with Crippen LogP contribution < -0.4 is 0 Å². The van der Waals surface area contributed by atoms with Crippen LogP contribution in [0.25, 0.3) is 0 Å². The Morgan fingerprint density at radius 3 is 2.39 bits per heavy atom. The number of alkyl halides is 2. The highest BCUT2D eigenvalue weighted by atomic mass is 19.3. The molecule has 1 N–H and O–H groups in total. The van der Waals surface area contributed by atoms with Crippen LogP contribution in [0.2, 0.25) is 0 Å². The molecule has 2 bridgehead atoms. The zero-order chi connectivity index (χ0) is 13.6. The third kappa shape index (κ3) is 1.91. The molecule has 2 aliphatic heterocycles. The van der Waals surface area contributed by atoms with Gasteiger partial charge in [-0.25, -0.2) is 4.79 Å². The number of fused-ring (bicyclic) bond motifs is 2. The summed E-state index contributed by atoms with van der Waals surface area (Å²) in [5.41, 5.74) is -2.27. The molecule has 18 heavy (non-hydrogen) atoms. The van der Waals surface area contributed by atoms with E-state index in [1.807, 2.05) is 11.9 Å². The Labute approximate surface area is 105 Å². The van der Waals surface area contributed by atoms with Crippen molar-refractivity contribution in [1.29, 1.82) is 0 Å². The third-order valence-corrected chi connectivity index (χ3v) is 4.25. The molecule has 4 nitrogen and oxygen atoms in total. The lowest BCUT2D eigenvalue weighted by Crippen LogP contribution is -2.61. The van der Waals surface area contributed by atoms with Crippen LogP contribution in [0, 0.1) is 0 Å². The highest BCUT2D eigenvalue weighted by Gasteiger charge is 2.64. The zero-order valence-corrected chi connectivity index (χ0v) is 10.7. The van der Waals surface area contributed by atoms with E-state index in [-0.39, 0.29) is 31.5 Å². The van der Waals surface area contributed by atoms with Gasteiger partial charge in [0.1, 0.15) is 5.60 Å². The van der Waals surface area contributed by atoms with E-state index >= 15 is 0 Å². The number of piperidine rings is 1. The molecule has 6 heteroatoms. The number of esters is 1. The van der Waals surface area contributed by atoms with Crippen molar-refractivity contribution >= 4 is 5.97 Å². The van der Waals surface area contributed by atoms with Gasteiger partial charge < -0.3 is 14.7 Å². The van der Waals surface area contributed by atoms with Crippen molar-refractivity contribution in [3.05, 3.63) is 0 Å². The molecule has 0 aromatic carbocycles. The molecule has 0 saturated carbocycles. The monoisotopic (exact) mass is 263 g/mol. The average molecular weight is 263 g/mol. The Hall–Kier alpha value is -0.750. The number of hydrogen-bond donors (Lipinski definition) is 1. The smallest absolute Gasteiger partial charge is 0.380 e. The maximum absolute atomic E-state index is 14.0. The van der Waals surface area contributed by atoms with E-state index in [9.17, 15) is 18.7 Å². The van der Waals surface area contributed by atoms with Gasteiger partial charge in [-0.3, -0.25) is 0 Å². The van der Waals surface area contributed by atoms with Crippen molar-refractivity contribution in [2.75, 3.05) is 13.7 Å². The first-order valence-electron chi connectivity index (χ1n) is 6.31. The zero-order valence-electron chi connectivity index (χ0n) is 10.7. The minimum atomic E-state index is -3.83. The molecule has 2 fully saturated rings. The lowest BCUT2D eigenvalue weighted by Gasteiger charge is -2.44. The van der Waals surface area contributed by atoms with Crippen LogP contribution in [0.3, 0.4) is 0 Å². The van der Waals surface area contributed by atoms with Crippen molar-refractivity contribution in [3.8, 4) is 0 Å². The van der Waals surface area contributed by atoms with Crippen LogP contribution in [0.5, 0.6) is 0 Å². The first-order chi connectivity index (χ1) is 8.32.